The SMILES string of the molecule is Cc1ccc(C)n1C1C=C(C(C)(C)C)NN1. The van der Waals surface area contributed by atoms with E-state index in [9.17, 15) is 0 Å². The standard InChI is InChI=1S/C13H21N3/c1-9-6-7-10(2)16(9)12-8-11(14-15-12)13(3,4)5/h6-8,12,14-15H,1-5H3. The van der Waals surface area contributed by atoms with Crippen LogP contribution in [-0.2, 0) is 0 Å². The molecular formula is C13H21N3. The van der Waals surface area contributed by atoms with E-state index in [1.807, 2.05) is 0 Å². The van der Waals surface area contributed by atoms with E-state index in [1.54, 1.807) is 0 Å². The monoisotopic (exact) mass is 219 g/mol. The number of hydrazine groups is 1. The lowest BCUT2D eigenvalue weighted by Gasteiger charge is -2.19. The van der Waals surface area contributed by atoms with Gasteiger partial charge in [0.2, 0.25) is 0 Å². The Morgan fingerprint density at radius 1 is 1.12 bits per heavy atom. The predicted octanol–water partition coefficient (Wildman–Crippen LogP) is 2.64. The smallest absolute Gasteiger partial charge is 0.121 e. The Morgan fingerprint density at radius 2 is 1.69 bits per heavy atom. The van der Waals surface area contributed by atoms with Crippen LogP contribution in [0.2, 0.25) is 0 Å². The lowest BCUT2D eigenvalue weighted by Crippen LogP contribution is -2.33. The van der Waals surface area contributed by atoms with E-state index in [2.05, 4.69) is 68.2 Å². The topological polar surface area (TPSA) is 29.0 Å². The van der Waals surface area contributed by atoms with Gasteiger partial charge >= 0.3 is 0 Å². The van der Waals surface area contributed by atoms with Crippen LogP contribution in [0, 0.1) is 19.3 Å². The maximum Gasteiger partial charge on any atom is 0.121 e. The highest BCUT2D eigenvalue weighted by Gasteiger charge is 2.25. The average molecular weight is 219 g/mol. The summed E-state index contributed by atoms with van der Waals surface area (Å²) in [5.41, 5.74) is 10.6. The summed E-state index contributed by atoms with van der Waals surface area (Å²) in [7, 11) is 0. The number of hydrogen-bond acceptors (Lipinski definition) is 2. The van der Waals surface area contributed by atoms with Gasteiger partial charge in [0.15, 0.2) is 0 Å². The van der Waals surface area contributed by atoms with E-state index in [0.717, 1.165) is 0 Å². The average Bonchev–Trinajstić information content (AvgIpc) is 2.72. The van der Waals surface area contributed by atoms with Gasteiger partial charge < -0.3 is 9.99 Å². The van der Waals surface area contributed by atoms with Crippen molar-refractivity contribution in [3.63, 3.8) is 0 Å². The van der Waals surface area contributed by atoms with Crippen LogP contribution in [0.4, 0.5) is 0 Å². The molecule has 0 fully saturated rings. The van der Waals surface area contributed by atoms with Crippen molar-refractivity contribution in [3.8, 4) is 0 Å². The van der Waals surface area contributed by atoms with Crippen molar-refractivity contribution in [2.75, 3.05) is 0 Å². The van der Waals surface area contributed by atoms with Crippen LogP contribution < -0.4 is 10.9 Å². The van der Waals surface area contributed by atoms with Crippen molar-refractivity contribution >= 4 is 0 Å². The normalized spacial score (nSPS) is 20.8. The number of allylic oxidation sites excluding steroid dienone is 1. The van der Waals surface area contributed by atoms with Gasteiger partial charge in [-0.1, -0.05) is 20.8 Å². The molecule has 1 atom stereocenters. The minimum Gasteiger partial charge on any atom is -0.328 e. The molecule has 1 aromatic rings. The van der Waals surface area contributed by atoms with Crippen LogP contribution >= 0.6 is 0 Å². The molecule has 1 aliphatic heterocycles. The Bertz CT molecular complexity index is 401. The fourth-order valence-corrected chi connectivity index (χ4v) is 2.09. The number of nitrogens with zero attached hydrogens (tertiary/aromatic N) is 1. The summed E-state index contributed by atoms with van der Waals surface area (Å²) in [4.78, 5) is 0. The van der Waals surface area contributed by atoms with Gasteiger partial charge in [-0.3, -0.25) is 0 Å². The molecule has 1 unspecified atom stereocenters. The summed E-state index contributed by atoms with van der Waals surface area (Å²) in [5.74, 6) is 0. The molecule has 0 saturated carbocycles. The lowest BCUT2D eigenvalue weighted by molar-refractivity contribution is 0.420. The molecule has 3 nitrogen and oxygen atoms in total. The van der Waals surface area contributed by atoms with Crippen LogP contribution in [0.3, 0.4) is 0 Å². The minimum absolute atomic E-state index is 0.163. The van der Waals surface area contributed by atoms with Crippen molar-refractivity contribution in [3.05, 3.63) is 35.3 Å². The quantitative estimate of drug-likeness (QED) is 0.760. The van der Waals surface area contributed by atoms with Crippen LogP contribution in [0.5, 0.6) is 0 Å². The maximum atomic E-state index is 3.32. The molecule has 88 valence electrons. The summed E-state index contributed by atoms with van der Waals surface area (Å²) in [6, 6.07) is 4.31. The first-order valence-corrected chi connectivity index (χ1v) is 5.78. The molecule has 2 heterocycles. The van der Waals surface area contributed by atoms with Crippen LogP contribution in [0.15, 0.2) is 23.9 Å². The van der Waals surface area contributed by atoms with Gasteiger partial charge in [-0.15, -0.1) is 0 Å². The molecule has 2 N–H and O–H groups in total. The Kier molecular flexibility index (Phi) is 2.58. The molecule has 0 amide bonds. The zero-order chi connectivity index (χ0) is 11.9. The molecule has 0 aromatic carbocycles. The van der Waals surface area contributed by atoms with Gasteiger partial charge in [0, 0.05) is 22.5 Å². The van der Waals surface area contributed by atoms with Gasteiger partial charge in [0.25, 0.3) is 0 Å². The molecule has 1 aliphatic rings. The van der Waals surface area contributed by atoms with Crippen LogP contribution in [-0.4, -0.2) is 4.57 Å². The zero-order valence-electron chi connectivity index (χ0n) is 10.8. The number of nitrogens with one attached hydrogen (secondary N) is 2. The highest BCUT2D eigenvalue weighted by Crippen LogP contribution is 2.28. The highest BCUT2D eigenvalue weighted by molar-refractivity contribution is 5.21. The fraction of sp³-hybridized carbons (Fsp3) is 0.538. The fourth-order valence-electron chi connectivity index (χ4n) is 2.09. The van der Waals surface area contributed by atoms with Crippen LogP contribution in [0.25, 0.3) is 0 Å². The van der Waals surface area contributed by atoms with Gasteiger partial charge in [0.1, 0.15) is 6.17 Å². The summed E-state index contributed by atoms with van der Waals surface area (Å²) >= 11 is 0. The van der Waals surface area contributed by atoms with Crippen molar-refractivity contribution in [2.45, 2.75) is 40.8 Å². The first-order chi connectivity index (χ1) is 7.39. The molecule has 0 bridgehead atoms. The number of rotatable bonds is 1. The van der Waals surface area contributed by atoms with E-state index in [4.69, 9.17) is 0 Å². The molecule has 0 saturated heterocycles. The summed E-state index contributed by atoms with van der Waals surface area (Å²) in [5, 5.41) is 0. The second kappa shape index (κ2) is 3.67. The summed E-state index contributed by atoms with van der Waals surface area (Å²) in [6.45, 7) is 10.9. The number of hydrogen-bond donors (Lipinski definition) is 2. The van der Waals surface area contributed by atoms with E-state index in [1.165, 1.54) is 17.1 Å². The molecular weight excluding hydrogens is 198 g/mol. The number of aryl methyl sites for hydroxylation is 2. The molecule has 0 spiro atoms. The Labute approximate surface area is 97.5 Å². The molecule has 0 aliphatic carbocycles. The Hall–Kier alpha value is -1.22. The first-order valence-electron chi connectivity index (χ1n) is 5.78. The predicted molar refractivity (Wildman–Crippen MR) is 66.8 cm³/mol. The zero-order valence-corrected chi connectivity index (χ0v) is 10.8. The van der Waals surface area contributed by atoms with Gasteiger partial charge in [-0.05, 0) is 32.1 Å². The minimum atomic E-state index is 0.163. The maximum absolute atomic E-state index is 3.32. The van der Waals surface area contributed by atoms with E-state index in [0.29, 0.717) is 0 Å². The second-order valence-corrected chi connectivity index (χ2v) is 5.53. The molecule has 0 radical (unpaired) electrons. The highest BCUT2D eigenvalue weighted by atomic mass is 15.5. The Morgan fingerprint density at radius 3 is 2.12 bits per heavy atom. The van der Waals surface area contributed by atoms with Crippen molar-refractivity contribution in [1.82, 2.24) is 15.4 Å². The van der Waals surface area contributed by atoms with Gasteiger partial charge in [-0.25, -0.2) is 5.43 Å². The van der Waals surface area contributed by atoms with Crippen molar-refractivity contribution in [2.24, 2.45) is 5.41 Å². The molecule has 2 rings (SSSR count). The molecule has 1 aromatic heterocycles. The third-order valence-electron chi connectivity index (χ3n) is 3.09. The van der Waals surface area contributed by atoms with E-state index >= 15 is 0 Å². The first kappa shape index (κ1) is 11.3. The van der Waals surface area contributed by atoms with Crippen LogP contribution in [0.1, 0.15) is 38.3 Å². The van der Waals surface area contributed by atoms with Gasteiger partial charge in [0.05, 0.1) is 0 Å². The molecule has 3 heteroatoms. The third-order valence-corrected chi connectivity index (χ3v) is 3.09. The summed E-state index contributed by atoms with van der Waals surface area (Å²) in [6.07, 6.45) is 2.49. The van der Waals surface area contributed by atoms with Gasteiger partial charge in [-0.2, -0.15) is 0 Å². The van der Waals surface area contributed by atoms with E-state index in [-0.39, 0.29) is 11.6 Å². The van der Waals surface area contributed by atoms with Crippen molar-refractivity contribution in [1.29, 1.82) is 0 Å². The largest absolute Gasteiger partial charge is 0.328 e. The third kappa shape index (κ3) is 1.87. The number of aromatic nitrogens is 1. The summed E-state index contributed by atoms with van der Waals surface area (Å²) < 4.78 is 2.30. The Balaban J connectivity index is 2.30. The van der Waals surface area contributed by atoms with Crippen molar-refractivity contribution < 1.29 is 0 Å². The van der Waals surface area contributed by atoms with E-state index < -0.39 is 0 Å². The molecule has 16 heavy (non-hydrogen) atoms. The second-order valence-electron chi connectivity index (χ2n) is 5.53. The lowest BCUT2D eigenvalue weighted by atomic mass is 9.92.